The Kier molecular flexibility index (Phi) is 4.25. The molecule has 1 heterocycles. The number of hydrogen-bond acceptors (Lipinski definition) is 3. The molecule has 92 valence electrons. The highest BCUT2D eigenvalue weighted by atomic mass is 35.5. The maximum absolute atomic E-state index is 11.9. The minimum absolute atomic E-state index is 0.0677. The molecule has 0 fully saturated rings. The van der Waals surface area contributed by atoms with Crippen molar-refractivity contribution in [1.82, 2.24) is 9.97 Å². The van der Waals surface area contributed by atoms with E-state index in [0.717, 1.165) is 5.69 Å². The van der Waals surface area contributed by atoms with Gasteiger partial charge in [-0.1, -0.05) is 18.2 Å². The third kappa shape index (κ3) is 3.05. The van der Waals surface area contributed by atoms with Crippen LogP contribution in [0.15, 0.2) is 48.8 Å². The molecule has 2 rings (SSSR count). The molecule has 4 nitrogen and oxygen atoms in total. The fraction of sp³-hybridized carbons (Fsp3) is 0.154. The minimum Gasteiger partial charge on any atom is -0.304 e. The molecule has 5 heteroatoms. The molecular weight excluding hydrogens is 250 g/mol. The summed E-state index contributed by atoms with van der Waals surface area (Å²) >= 11 is 5.63. The van der Waals surface area contributed by atoms with E-state index in [-0.39, 0.29) is 11.8 Å². The first kappa shape index (κ1) is 12.5. The molecule has 0 aliphatic heterocycles. The number of alkyl halides is 1. The van der Waals surface area contributed by atoms with Gasteiger partial charge in [0.05, 0.1) is 6.54 Å². The van der Waals surface area contributed by atoms with E-state index in [4.69, 9.17) is 11.6 Å². The predicted molar refractivity (Wildman–Crippen MR) is 70.4 cm³/mol. The number of amides is 1. The van der Waals surface area contributed by atoms with Crippen LogP contribution >= 0.6 is 11.6 Å². The van der Waals surface area contributed by atoms with Gasteiger partial charge < -0.3 is 4.90 Å². The molecule has 1 amide bonds. The second-order valence-electron chi connectivity index (χ2n) is 3.61. The zero-order chi connectivity index (χ0) is 12.8. The van der Waals surface area contributed by atoms with Crippen molar-refractivity contribution >= 4 is 23.2 Å². The van der Waals surface area contributed by atoms with Crippen LogP contribution in [0.1, 0.15) is 5.82 Å². The van der Waals surface area contributed by atoms with Crippen molar-refractivity contribution in [3.05, 3.63) is 54.6 Å². The Morgan fingerprint density at radius 3 is 2.39 bits per heavy atom. The minimum atomic E-state index is -0.171. The lowest BCUT2D eigenvalue weighted by Gasteiger charge is -2.20. The van der Waals surface area contributed by atoms with E-state index in [1.165, 1.54) is 0 Å². The van der Waals surface area contributed by atoms with Gasteiger partial charge in [-0.25, -0.2) is 9.97 Å². The van der Waals surface area contributed by atoms with E-state index in [9.17, 15) is 4.79 Å². The molecule has 0 saturated carbocycles. The van der Waals surface area contributed by atoms with Gasteiger partial charge in [0.1, 0.15) is 11.7 Å². The summed E-state index contributed by atoms with van der Waals surface area (Å²) in [6, 6.07) is 11.1. The molecule has 0 radical (unpaired) electrons. The summed E-state index contributed by atoms with van der Waals surface area (Å²) in [6.07, 6.45) is 3.30. The van der Waals surface area contributed by atoms with E-state index >= 15 is 0 Å². The Morgan fingerprint density at radius 1 is 1.11 bits per heavy atom. The third-order valence-corrected chi connectivity index (χ3v) is 2.63. The van der Waals surface area contributed by atoms with Crippen LogP contribution in [-0.4, -0.2) is 21.8 Å². The number of benzene rings is 1. The fourth-order valence-corrected chi connectivity index (χ4v) is 1.70. The summed E-state index contributed by atoms with van der Waals surface area (Å²) in [5, 5.41) is 0. The predicted octanol–water partition coefficient (Wildman–Crippen LogP) is 2.25. The average Bonchev–Trinajstić information content (AvgIpc) is 2.46. The average molecular weight is 262 g/mol. The SMILES string of the molecule is O=C(CCl)N(Cc1ncccn1)c1ccccc1. The summed E-state index contributed by atoms with van der Waals surface area (Å²) in [5.74, 6) is 0.344. The summed E-state index contributed by atoms with van der Waals surface area (Å²) in [7, 11) is 0. The van der Waals surface area contributed by atoms with Crippen molar-refractivity contribution in [3.8, 4) is 0 Å². The number of carbonyl (C=O) groups is 1. The van der Waals surface area contributed by atoms with Crippen LogP contribution in [-0.2, 0) is 11.3 Å². The zero-order valence-electron chi connectivity index (χ0n) is 9.66. The van der Waals surface area contributed by atoms with Gasteiger partial charge in [-0.05, 0) is 18.2 Å². The molecule has 0 saturated heterocycles. The number of anilines is 1. The largest absolute Gasteiger partial charge is 0.304 e. The molecule has 18 heavy (non-hydrogen) atoms. The molecule has 0 aliphatic carbocycles. The van der Waals surface area contributed by atoms with Gasteiger partial charge in [0.15, 0.2) is 0 Å². The lowest BCUT2D eigenvalue weighted by molar-refractivity contribution is -0.116. The summed E-state index contributed by atoms with van der Waals surface area (Å²) in [6.45, 7) is 0.316. The van der Waals surface area contributed by atoms with Gasteiger partial charge in [0, 0.05) is 18.1 Å². The normalized spacial score (nSPS) is 10.1. The van der Waals surface area contributed by atoms with Crippen molar-refractivity contribution in [2.24, 2.45) is 0 Å². The summed E-state index contributed by atoms with van der Waals surface area (Å²) in [5.41, 5.74) is 0.788. The van der Waals surface area contributed by atoms with Gasteiger partial charge in [0.25, 0.3) is 0 Å². The number of rotatable bonds is 4. The van der Waals surface area contributed by atoms with Crippen molar-refractivity contribution in [1.29, 1.82) is 0 Å². The Morgan fingerprint density at radius 2 is 1.78 bits per heavy atom. The van der Waals surface area contributed by atoms with Gasteiger partial charge in [-0.15, -0.1) is 11.6 Å². The number of aromatic nitrogens is 2. The van der Waals surface area contributed by atoms with Crippen molar-refractivity contribution < 1.29 is 4.79 Å². The smallest absolute Gasteiger partial charge is 0.242 e. The molecule has 0 N–H and O–H groups in total. The summed E-state index contributed by atoms with van der Waals surface area (Å²) in [4.78, 5) is 21.7. The van der Waals surface area contributed by atoms with Crippen LogP contribution in [0.2, 0.25) is 0 Å². The van der Waals surface area contributed by atoms with E-state index < -0.39 is 0 Å². The molecule has 2 aromatic rings. The second kappa shape index (κ2) is 6.12. The van der Waals surface area contributed by atoms with Gasteiger partial charge in [0.2, 0.25) is 5.91 Å². The molecule has 0 spiro atoms. The number of halogens is 1. The van der Waals surface area contributed by atoms with Gasteiger partial charge >= 0.3 is 0 Å². The lowest BCUT2D eigenvalue weighted by Crippen LogP contribution is -2.32. The van der Waals surface area contributed by atoms with Crippen LogP contribution in [0.25, 0.3) is 0 Å². The molecule has 0 bridgehead atoms. The van der Waals surface area contributed by atoms with Crippen molar-refractivity contribution in [2.75, 3.05) is 10.8 Å². The van der Waals surface area contributed by atoms with Crippen molar-refractivity contribution in [3.63, 3.8) is 0 Å². The standard InChI is InChI=1S/C13H12ClN3O/c14-9-13(18)17(11-5-2-1-3-6-11)10-12-15-7-4-8-16-12/h1-8H,9-10H2. The molecule has 0 atom stereocenters. The maximum atomic E-state index is 11.9. The van der Waals surface area contributed by atoms with E-state index in [1.54, 1.807) is 23.4 Å². The quantitative estimate of drug-likeness (QED) is 0.793. The van der Waals surface area contributed by atoms with Crippen LogP contribution in [0, 0.1) is 0 Å². The molecule has 1 aromatic heterocycles. The highest BCUT2D eigenvalue weighted by Crippen LogP contribution is 2.15. The van der Waals surface area contributed by atoms with Gasteiger partial charge in [-0.2, -0.15) is 0 Å². The maximum Gasteiger partial charge on any atom is 0.242 e. The molecular formula is C13H12ClN3O. The highest BCUT2D eigenvalue weighted by Gasteiger charge is 2.15. The third-order valence-electron chi connectivity index (χ3n) is 2.40. The molecule has 0 unspecified atom stereocenters. The first-order valence-electron chi connectivity index (χ1n) is 5.48. The summed E-state index contributed by atoms with van der Waals surface area (Å²) < 4.78 is 0. The highest BCUT2D eigenvalue weighted by molar-refractivity contribution is 6.29. The fourth-order valence-electron chi connectivity index (χ4n) is 1.56. The number of carbonyl (C=O) groups excluding carboxylic acids is 1. The molecule has 0 aliphatic rings. The van der Waals surface area contributed by atoms with Crippen LogP contribution in [0.4, 0.5) is 5.69 Å². The van der Waals surface area contributed by atoms with Crippen molar-refractivity contribution in [2.45, 2.75) is 6.54 Å². The van der Waals surface area contributed by atoms with Crippen LogP contribution in [0.5, 0.6) is 0 Å². The van der Waals surface area contributed by atoms with E-state index in [2.05, 4.69) is 9.97 Å². The van der Waals surface area contributed by atoms with E-state index in [1.807, 2.05) is 30.3 Å². The number of hydrogen-bond donors (Lipinski definition) is 0. The first-order valence-corrected chi connectivity index (χ1v) is 6.02. The van der Waals surface area contributed by atoms with Crippen LogP contribution in [0.3, 0.4) is 0 Å². The van der Waals surface area contributed by atoms with Crippen LogP contribution < -0.4 is 4.90 Å². The Labute approximate surface area is 110 Å². The lowest BCUT2D eigenvalue weighted by atomic mass is 10.3. The Bertz CT molecular complexity index is 504. The van der Waals surface area contributed by atoms with Gasteiger partial charge in [-0.3, -0.25) is 4.79 Å². The number of nitrogens with zero attached hydrogens (tertiary/aromatic N) is 3. The first-order chi connectivity index (χ1) is 8.81. The van der Waals surface area contributed by atoms with E-state index in [0.29, 0.717) is 12.4 Å². The molecule has 1 aromatic carbocycles. The Balaban J connectivity index is 2.24. The number of para-hydroxylation sites is 1. The second-order valence-corrected chi connectivity index (χ2v) is 3.88. The Hall–Kier alpha value is -1.94. The monoisotopic (exact) mass is 261 g/mol. The topological polar surface area (TPSA) is 46.1 Å². The zero-order valence-corrected chi connectivity index (χ0v) is 10.4.